The third-order valence-electron chi connectivity index (χ3n) is 1.81. The van der Waals surface area contributed by atoms with Crippen LogP contribution in [0.25, 0.3) is 0 Å². The molecule has 0 aliphatic heterocycles. The number of aliphatic hydroxyl groups excluding tert-OH is 1. The number of rotatable bonds is 4. The average Bonchev–Trinajstić information content (AvgIpc) is 2.20. The van der Waals surface area contributed by atoms with Gasteiger partial charge in [-0.05, 0) is 6.07 Å². The minimum atomic E-state index is -0.957. The number of nitrogens with two attached hydrogens (primary N) is 1. The van der Waals surface area contributed by atoms with E-state index in [4.69, 9.17) is 10.8 Å². The lowest BCUT2D eigenvalue weighted by Gasteiger charge is -2.08. The van der Waals surface area contributed by atoms with E-state index in [0.717, 1.165) is 0 Å². The Bertz CT molecular complexity index is 318. The lowest BCUT2D eigenvalue weighted by Crippen LogP contribution is -2.09. The lowest BCUT2D eigenvalue weighted by molar-refractivity contribution is 0.311. The van der Waals surface area contributed by atoms with E-state index in [-0.39, 0.29) is 30.9 Å². The molecule has 0 radical (unpaired) electrons. The summed E-state index contributed by atoms with van der Waals surface area (Å²) in [5.41, 5.74) is 5.37. The van der Waals surface area contributed by atoms with Crippen molar-refractivity contribution in [3.63, 3.8) is 0 Å². The minimum Gasteiger partial charge on any atom is -0.395 e. The monoisotopic (exact) mass is 202 g/mol. The Morgan fingerprint density at radius 3 is 2.57 bits per heavy atom. The first-order chi connectivity index (χ1) is 6.70. The Hall–Kier alpha value is -1.20. The molecule has 14 heavy (non-hydrogen) atoms. The Balaban J connectivity index is 2.92. The van der Waals surface area contributed by atoms with Crippen molar-refractivity contribution in [1.82, 2.24) is 0 Å². The largest absolute Gasteiger partial charge is 0.395 e. The van der Waals surface area contributed by atoms with Crippen LogP contribution >= 0.6 is 0 Å². The van der Waals surface area contributed by atoms with Gasteiger partial charge >= 0.3 is 0 Å². The maximum Gasteiger partial charge on any atom is 0.182 e. The second-order valence-corrected chi connectivity index (χ2v) is 2.75. The van der Waals surface area contributed by atoms with Crippen LogP contribution in [0.1, 0.15) is 5.56 Å². The molecule has 0 amide bonds. The van der Waals surface area contributed by atoms with Gasteiger partial charge in [-0.3, -0.25) is 0 Å². The van der Waals surface area contributed by atoms with Crippen molar-refractivity contribution in [1.29, 1.82) is 0 Å². The van der Waals surface area contributed by atoms with Gasteiger partial charge in [0.2, 0.25) is 0 Å². The fraction of sp³-hybridized carbons (Fsp3) is 0.333. The van der Waals surface area contributed by atoms with Crippen molar-refractivity contribution < 1.29 is 13.9 Å². The molecule has 0 aromatic heterocycles. The molecule has 0 unspecified atom stereocenters. The molecule has 0 bridgehead atoms. The average molecular weight is 202 g/mol. The first kappa shape index (κ1) is 10.9. The van der Waals surface area contributed by atoms with Crippen molar-refractivity contribution in [2.24, 2.45) is 5.73 Å². The molecular formula is C9H12F2N2O. The SMILES string of the molecule is NCc1ccc(NCCO)c(F)c1F. The van der Waals surface area contributed by atoms with Crippen LogP contribution < -0.4 is 11.1 Å². The first-order valence-electron chi connectivity index (χ1n) is 4.22. The summed E-state index contributed by atoms with van der Waals surface area (Å²) in [5, 5.41) is 11.0. The molecule has 0 spiro atoms. The molecule has 0 heterocycles. The summed E-state index contributed by atoms with van der Waals surface area (Å²) >= 11 is 0. The van der Waals surface area contributed by atoms with E-state index < -0.39 is 11.6 Å². The highest BCUT2D eigenvalue weighted by atomic mass is 19.2. The van der Waals surface area contributed by atoms with Crippen molar-refractivity contribution in [3.05, 3.63) is 29.3 Å². The van der Waals surface area contributed by atoms with Gasteiger partial charge in [0.1, 0.15) is 0 Å². The second-order valence-electron chi connectivity index (χ2n) is 2.75. The third-order valence-corrected chi connectivity index (χ3v) is 1.81. The van der Waals surface area contributed by atoms with Gasteiger partial charge < -0.3 is 16.2 Å². The van der Waals surface area contributed by atoms with Gasteiger partial charge in [0.15, 0.2) is 11.6 Å². The fourth-order valence-electron chi connectivity index (χ4n) is 1.07. The van der Waals surface area contributed by atoms with Crippen LogP contribution in [0.2, 0.25) is 0 Å². The van der Waals surface area contributed by atoms with E-state index in [1.807, 2.05) is 0 Å². The number of halogens is 2. The van der Waals surface area contributed by atoms with E-state index in [2.05, 4.69) is 5.32 Å². The molecule has 0 aliphatic carbocycles. The van der Waals surface area contributed by atoms with E-state index in [0.29, 0.717) is 0 Å². The van der Waals surface area contributed by atoms with Crippen LogP contribution in [-0.4, -0.2) is 18.3 Å². The summed E-state index contributed by atoms with van der Waals surface area (Å²) < 4.78 is 26.3. The summed E-state index contributed by atoms with van der Waals surface area (Å²) in [5.74, 6) is -1.89. The minimum absolute atomic E-state index is 0.0359. The number of hydrogen-bond donors (Lipinski definition) is 3. The van der Waals surface area contributed by atoms with Crippen molar-refractivity contribution in [2.45, 2.75) is 6.54 Å². The first-order valence-corrected chi connectivity index (χ1v) is 4.22. The summed E-state index contributed by atoms with van der Waals surface area (Å²) in [6.45, 7) is 0.00106. The van der Waals surface area contributed by atoms with Gasteiger partial charge in [0, 0.05) is 18.7 Å². The molecule has 78 valence electrons. The quantitative estimate of drug-likeness (QED) is 0.677. The smallest absolute Gasteiger partial charge is 0.182 e. The van der Waals surface area contributed by atoms with Gasteiger partial charge in [0.05, 0.1) is 12.3 Å². The van der Waals surface area contributed by atoms with Crippen molar-refractivity contribution >= 4 is 5.69 Å². The topological polar surface area (TPSA) is 58.3 Å². The maximum atomic E-state index is 13.2. The summed E-state index contributed by atoms with van der Waals surface area (Å²) in [4.78, 5) is 0. The molecular weight excluding hydrogens is 190 g/mol. The molecule has 1 rings (SSSR count). The Kier molecular flexibility index (Phi) is 3.79. The molecule has 0 fully saturated rings. The highest BCUT2D eigenvalue weighted by Gasteiger charge is 2.11. The number of nitrogens with one attached hydrogen (secondary N) is 1. The van der Waals surface area contributed by atoms with Crippen LogP contribution in [0, 0.1) is 11.6 Å². The third kappa shape index (κ3) is 2.18. The fourth-order valence-corrected chi connectivity index (χ4v) is 1.07. The summed E-state index contributed by atoms with van der Waals surface area (Å²) in [7, 11) is 0. The van der Waals surface area contributed by atoms with E-state index in [1.54, 1.807) is 0 Å². The summed E-state index contributed by atoms with van der Waals surface area (Å²) in [6, 6.07) is 2.81. The molecule has 0 saturated heterocycles. The normalized spacial score (nSPS) is 10.3. The van der Waals surface area contributed by atoms with Crippen LogP contribution in [-0.2, 0) is 6.54 Å². The van der Waals surface area contributed by atoms with E-state index >= 15 is 0 Å². The molecule has 0 aliphatic rings. The molecule has 0 saturated carbocycles. The van der Waals surface area contributed by atoms with E-state index in [9.17, 15) is 8.78 Å². The lowest BCUT2D eigenvalue weighted by atomic mass is 10.2. The van der Waals surface area contributed by atoms with Gasteiger partial charge in [-0.15, -0.1) is 0 Å². The predicted octanol–water partition coefficient (Wildman–Crippen LogP) is 0.828. The van der Waals surface area contributed by atoms with E-state index in [1.165, 1.54) is 12.1 Å². The Morgan fingerprint density at radius 1 is 1.29 bits per heavy atom. The van der Waals surface area contributed by atoms with Gasteiger partial charge in [-0.25, -0.2) is 8.78 Å². The predicted molar refractivity (Wildman–Crippen MR) is 49.8 cm³/mol. The zero-order chi connectivity index (χ0) is 10.6. The van der Waals surface area contributed by atoms with Crippen molar-refractivity contribution in [3.8, 4) is 0 Å². The number of hydrogen-bond acceptors (Lipinski definition) is 3. The number of aliphatic hydroxyl groups is 1. The second kappa shape index (κ2) is 4.88. The molecule has 5 heteroatoms. The van der Waals surface area contributed by atoms with Gasteiger partial charge in [-0.2, -0.15) is 0 Å². The molecule has 3 nitrogen and oxygen atoms in total. The van der Waals surface area contributed by atoms with Crippen LogP contribution in [0.15, 0.2) is 12.1 Å². The van der Waals surface area contributed by atoms with Crippen LogP contribution in [0.5, 0.6) is 0 Å². The zero-order valence-corrected chi connectivity index (χ0v) is 7.56. The number of benzene rings is 1. The van der Waals surface area contributed by atoms with Gasteiger partial charge in [-0.1, -0.05) is 6.07 Å². The highest BCUT2D eigenvalue weighted by molar-refractivity contribution is 5.47. The maximum absolute atomic E-state index is 13.2. The zero-order valence-electron chi connectivity index (χ0n) is 7.56. The Labute approximate surface area is 80.5 Å². The molecule has 0 atom stereocenters. The summed E-state index contributed by atoms with van der Waals surface area (Å²) in [6.07, 6.45) is 0. The van der Waals surface area contributed by atoms with Crippen LogP contribution in [0.3, 0.4) is 0 Å². The molecule has 4 N–H and O–H groups in total. The molecule has 1 aromatic carbocycles. The standard InChI is InChI=1S/C9H12F2N2O/c10-8-6(5-12)1-2-7(9(8)11)13-3-4-14/h1-2,13-14H,3-5,12H2. The Morgan fingerprint density at radius 2 is 2.00 bits per heavy atom. The van der Waals surface area contributed by atoms with Crippen LogP contribution in [0.4, 0.5) is 14.5 Å². The molecule has 1 aromatic rings. The van der Waals surface area contributed by atoms with Gasteiger partial charge in [0.25, 0.3) is 0 Å². The number of anilines is 1. The highest BCUT2D eigenvalue weighted by Crippen LogP contribution is 2.19. The van der Waals surface area contributed by atoms with Crippen molar-refractivity contribution in [2.75, 3.05) is 18.5 Å².